The molecule has 1 amide bonds. The molecule has 1 aromatic heterocycles. The molecule has 2 aromatic carbocycles. The average molecular weight is 479 g/mol. The van der Waals surface area contributed by atoms with Gasteiger partial charge in [-0.3, -0.25) is 4.79 Å². The first-order valence-corrected chi connectivity index (χ1v) is 10.7. The summed E-state index contributed by atoms with van der Waals surface area (Å²) < 4.78 is 22.6. The number of esters is 1. The van der Waals surface area contributed by atoms with Gasteiger partial charge in [0, 0.05) is 5.56 Å². The maximum atomic E-state index is 12.9. The Hall–Kier alpha value is -4.52. The van der Waals surface area contributed by atoms with Crippen LogP contribution < -0.4 is 19.5 Å². The van der Waals surface area contributed by atoms with E-state index in [-0.39, 0.29) is 6.61 Å². The van der Waals surface area contributed by atoms with Gasteiger partial charge in [0.15, 0.2) is 11.5 Å². The molecule has 3 rings (SSSR count). The number of hydrogen-bond acceptors (Lipinski definition) is 8. The fourth-order valence-electron chi connectivity index (χ4n) is 3.51. The van der Waals surface area contributed by atoms with Gasteiger partial charge in [0.1, 0.15) is 11.6 Å². The van der Waals surface area contributed by atoms with Crippen LogP contribution in [0.15, 0.2) is 42.6 Å². The number of aromatic nitrogens is 2. The highest BCUT2D eigenvalue weighted by Crippen LogP contribution is 2.39. The molecule has 0 aliphatic rings. The maximum absolute atomic E-state index is 12.9. The molecule has 0 aliphatic heterocycles. The number of ether oxygens (including phenoxy) is 4. The number of nitrogens with one attached hydrogen (secondary N) is 1. The fraction of sp³-hybridized carbons (Fsp3) is 0.280. The second-order valence-electron chi connectivity index (χ2n) is 7.32. The highest BCUT2D eigenvalue weighted by Gasteiger charge is 2.21. The zero-order valence-corrected chi connectivity index (χ0v) is 20.1. The Labute approximate surface area is 203 Å². The Bertz CT molecular complexity index is 1230. The Balaban J connectivity index is 1.81. The second kappa shape index (κ2) is 11.1. The van der Waals surface area contributed by atoms with Crippen LogP contribution in [0.5, 0.6) is 17.2 Å². The summed E-state index contributed by atoms with van der Waals surface area (Å²) in [5, 5.41) is 16.7. The van der Waals surface area contributed by atoms with Crippen LogP contribution in [0.4, 0.5) is 0 Å². The predicted molar refractivity (Wildman–Crippen MR) is 126 cm³/mol. The molecule has 1 atom stereocenters. The lowest BCUT2D eigenvalue weighted by atomic mass is 10.1. The van der Waals surface area contributed by atoms with Crippen molar-refractivity contribution in [3.63, 3.8) is 0 Å². The Morgan fingerprint density at radius 2 is 1.71 bits per heavy atom. The maximum Gasteiger partial charge on any atom is 0.341 e. The first kappa shape index (κ1) is 25.1. The first-order valence-electron chi connectivity index (χ1n) is 10.7. The van der Waals surface area contributed by atoms with E-state index in [9.17, 15) is 14.9 Å². The minimum Gasteiger partial charge on any atom is -0.493 e. The van der Waals surface area contributed by atoms with E-state index in [1.54, 1.807) is 54.9 Å². The van der Waals surface area contributed by atoms with Crippen molar-refractivity contribution in [3.05, 3.63) is 65.0 Å². The smallest absolute Gasteiger partial charge is 0.341 e. The quantitative estimate of drug-likeness (QED) is 0.464. The van der Waals surface area contributed by atoms with Crippen LogP contribution in [0, 0.1) is 18.3 Å². The summed E-state index contributed by atoms with van der Waals surface area (Å²) in [7, 11) is 4.43. The lowest BCUT2D eigenvalue weighted by Crippen LogP contribution is -2.27. The predicted octanol–water partition coefficient (Wildman–Crippen LogP) is 3.38. The van der Waals surface area contributed by atoms with Crippen molar-refractivity contribution in [3.8, 4) is 29.0 Å². The van der Waals surface area contributed by atoms with Crippen molar-refractivity contribution < 1.29 is 28.5 Å². The van der Waals surface area contributed by atoms with Crippen molar-refractivity contribution >= 4 is 11.9 Å². The third-order valence-corrected chi connectivity index (χ3v) is 5.30. The summed E-state index contributed by atoms with van der Waals surface area (Å²) in [5.74, 6) is 0.246. The third kappa shape index (κ3) is 5.19. The molecule has 0 saturated carbocycles. The van der Waals surface area contributed by atoms with Gasteiger partial charge in [0.05, 0.1) is 51.6 Å². The van der Waals surface area contributed by atoms with E-state index in [0.717, 1.165) is 0 Å². The topological polar surface area (TPSA) is 125 Å². The first-order chi connectivity index (χ1) is 16.9. The lowest BCUT2D eigenvalue weighted by Gasteiger charge is -2.17. The molecule has 0 saturated heterocycles. The van der Waals surface area contributed by atoms with Gasteiger partial charge in [0.25, 0.3) is 5.91 Å². The second-order valence-corrected chi connectivity index (χ2v) is 7.32. The summed E-state index contributed by atoms with van der Waals surface area (Å²) in [6, 6.07) is 11.0. The Kier molecular flexibility index (Phi) is 7.94. The molecule has 10 heteroatoms. The Morgan fingerprint density at radius 3 is 2.23 bits per heavy atom. The van der Waals surface area contributed by atoms with Gasteiger partial charge in [-0.2, -0.15) is 10.4 Å². The minimum absolute atomic E-state index is 0.271. The number of rotatable bonds is 9. The highest BCUT2D eigenvalue weighted by molar-refractivity contribution is 5.95. The number of benzene rings is 2. The molecule has 0 bridgehead atoms. The van der Waals surface area contributed by atoms with E-state index in [1.165, 1.54) is 27.5 Å². The summed E-state index contributed by atoms with van der Waals surface area (Å²) in [6.07, 6.45) is 1.45. The molecule has 35 heavy (non-hydrogen) atoms. The number of hydrogen-bond donors (Lipinski definition) is 1. The van der Waals surface area contributed by atoms with Crippen molar-refractivity contribution in [2.75, 3.05) is 27.9 Å². The van der Waals surface area contributed by atoms with Gasteiger partial charge >= 0.3 is 5.97 Å². The van der Waals surface area contributed by atoms with Crippen molar-refractivity contribution in [2.24, 2.45) is 0 Å². The van der Waals surface area contributed by atoms with Gasteiger partial charge in [-0.25, -0.2) is 9.48 Å². The third-order valence-electron chi connectivity index (χ3n) is 5.30. The van der Waals surface area contributed by atoms with Crippen LogP contribution >= 0.6 is 0 Å². The number of nitriles is 1. The molecule has 0 spiro atoms. The largest absolute Gasteiger partial charge is 0.493 e. The summed E-state index contributed by atoms with van der Waals surface area (Å²) in [4.78, 5) is 24.9. The van der Waals surface area contributed by atoms with Crippen LogP contribution in [0.25, 0.3) is 5.69 Å². The van der Waals surface area contributed by atoms with Gasteiger partial charge in [-0.1, -0.05) is 0 Å². The molecule has 182 valence electrons. The van der Waals surface area contributed by atoms with E-state index < -0.39 is 17.9 Å². The van der Waals surface area contributed by atoms with Crippen LogP contribution in [0.3, 0.4) is 0 Å². The fourth-order valence-corrected chi connectivity index (χ4v) is 3.51. The Morgan fingerprint density at radius 1 is 1.09 bits per heavy atom. The molecule has 1 unspecified atom stereocenters. The van der Waals surface area contributed by atoms with E-state index in [1.807, 2.05) is 0 Å². The zero-order chi connectivity index (χ0) is 25.5. The lowest BCUT2D eigenvalue weighted by molar-refractivity contribution is 0.0525. The van der Waals surface area contributed by atoms with E-state index in [0.29, 0.717) is 45.3 Å². The highest BCUT2D eigenvalue weighted by atomic mass is 16.5. The van der Waals surface area contributed by atoms with Gasteiger partial charge in [-0.05, 0) is 55.8 Å². The number of carbonyl (C=O) groups excluding carboxylic acids is 2. The summed E-state index contributed by atoms with van der Waals surface area (Å²) >= 11 is 0. The normalized spacial score (nSPS) is 11.2. The van der Waals surface area contributed by atoms with E-state index in [4.69, 9.17) is 18.9 Å². The molecule has 1 N–H and O–H groups in total. The number of amides is 1. The SMILES string of the molecule is CCOC(=O)c1cnn(-c2ccc(C(=O)NC(C#N)c3cc(OC)c(OC)c(OC)c3)cc2)c1C. The molecule has 10 nitrogen and oxygen atoms in total. The van der Waals surface area contributed by atoms with Crippen molar-refractivity contribution in [2.45, 2.75) is 19.9 Å². The van der Waals surface area contributed by atoms with Crippen LogP contribution in [-0.2, 0) is 4.74 Å². The van der Waals surface area contributed by atoms with E-state index >= 15 is 0 Å². The monoisotopic (exact) mass is 478 g/mol. The van der Waals surface area contributed by atoms with Crippen LogP contribution in [0.1, 0.15) is 44.9 Å². The van der Waals surface area contributed by atoms with Crippen molar-refractivity contribution in [1.29, 1.82) is 5.26 Å². The minimum atomic E-state index is -0.962. The van der Waals surface area contributed by atoms with Gasteiger partial charge in [-0.15, -0.1) is 0 Å². The van der Waals surface area contributed by atoms with Crippen molar-refractivity contribution in [1.82, 2.24) is 15.1 Å². The van der Waals surface area contributed by atoms with Crippen LogP contribution in [0.2, 0.25) is 0 Å². The molecule has 3 aromatic rings. The molecule has 0 aliphatic carbocycles. The molecular weight excluding hydrogens is 452 g/mol. The van der Waals surface area contributed by atoms with Gasteiger partial charge in [0.2, 0.25) is 5.75 Å². The van der Waals surface area contributed by atoms with E-state index in [2.05, 4.69) is 16.5 Å². The standard InChI is InChI=1S/C25H26N4O6/c1-6-35-25(31)19-14-27-29(15(19)2)18-9-7-16(8-10-18)24(30)28-20(13-26)17-11-21(32-3)23(34-5)22(12-17)33-4/h7-12,14,20H,6H2,1-5H3,(H,28,30). The molecule has 1 heterocycles. The number of nitrogens with zero attached hydrogens (tertiary/aromatic N) is 3. The number of methoxy groups -OCH3 is 3. The summed E-state index contributed by atoms with van der Waals surface area (Å²) in [5.41, 5.74) is 2.47. The number of carbonyl (C=O) groups is 2. The zero-order valence-electron chi connectivity index (χ0n) is 20.1. The molecular formula is C25H26N4O6. The average Bonchev–Trinajstić information content (AvgIpc) is 3.27. The van der Waals surface area contributed by atoms with Crippen LogP contribution in [-0.4, -0.2) is 49.6 Å². The molecule has 0 fully saturated rings. The molecule has 0 radical (unpaired) electrons. The van der Waals surface area contributed by atoms with Gasteiger partial charge < -0.3 is 24.3 Å². The summed E-state index contributed by atoms with van der Waals surface area (Å²) in [6.45, 7) is 3.77.